The van der Waals surface area contributed by atoms with E-state index in [1.54, 1.807) is 6.92 Å². The summed E-state index contributed by atoms with van der Waals surface area (Å²) < 4.78 is 10.1. The number of hydrogen-bond acceptors (Lipinski definition) is 5. The Morgan fingerprint density at radius 2 is 1.71 bits per heavy atom. The molecule has 1 aromatic carbocycles. The van der Waals surface area contributed by atoms with E-state index < -0.39 is 17.5 Å². The van der Waals surface area contributed by atoms with Crippen LogP contribution in [0.25, 0.3) is 0 Å². The Labute approximate surface area is 125 Å². The maximum atomic E-state index is 12.2. The summed E-state index contributed by atoms with van der Waals surface area (Å²) in [6.45, 7) is 5.68. The number of benzene rings is 1. The monoisotopic (exact) mass is 293 g/mol. The van der Waals surface area contributed by atoms with Crippen molar-refractivity contribution < 1.29 is 19.1 Å². The molecule has 0 fully saturated rings. The highest BCUT2D eigenvalue weighted by Gasteiger charge is 2.45. The first-order valence-electron chi connectivity index (χ1n) is 7.07. The van der Waals surface area contributed by atoms with Crippen molar-refractivity contribution in [3.8, 4) is 0 Å². The van der Waals surface area contributed by atoms with E-state index in [-0.39, 0.29) is 25.6 Å². The van der Waals surface area contributed by atoms with Crippen molar-refractivity contribution in [1.82, 2.24) is 0 Å². The first kappa shape index (κ1) is 17.2. The van der Waals surface area contributed by atoms with Crippen LogP contribution in [0.2, 0.25) is 0 Å². The molecule has 0 heterocycles. The first-order valence-corrected chi connectivity index (χ1v) is 7.07. The van der Waals surface area contributed by atoms with Crippen LogP contribution >= 0.6 is 0 Å². The molecule has 116 valence electrons. The van der Waals surface area contributed by atoms with Crippen LogP contribution in [0.4, 0.5) is 0 Å². The summed E-state index contributed by atoms with van der Waals surface area (Å²) in [7, 11) is 0. The van der Waals surface area contributed by atoms with Crippen molar-refractivity contribution in [1.29, 1.82) is 0 Å². The van der Waals surface area contributed by atoms with E-state index >= 15 is 0 Å². The molecule has 2 N–H and O–H groups in total. The van der Waals surface area contributed by atoms with Crippen molar-refractivity contribution in [2.45, 2.75) is 39.3 Å². The highest BCUT2D eigenvalue weighted by atomic mass is 16.6. The molecule has 0 radical (unpaired) electrons. The molecule has 0 amide bonds. The summed E-state index contributed by atoms with van der Waals surface area (Å²) >= 11 is 0. The maximum Gasteiger partial charge on any atom is 0.338 e. The molecule has 0 bridgehead atoms. The number of nitrogens with two attached hydrogens (primary N) is 1. The van der Waals surface area contributed by atoms with Gasteiger partial charge in [0.2, 0.25) is 5.54 Å². The third-order valence-electron chi connectivity index (χ3n) is 2.95. The number of rotatable bonds is 7. The molecule has 21 heavy (non-hydrogen) atoms. The van der Waals surface area contributed by atoms with E-state index in [2.05, 4.69) is 0 Å². The number of esters is 2. The number of carbonyl (C=O) groups is 2. The lowest BCUT2D eigenvalue weighted by Gasteiger charge is -2.26. The van der Waals surface area contributed by atoms with Gasteiger partial charge in [-0.1, -0.05) is 44.2 Å². The predicted octanol–water partition coefficient (Wildman–Crippen LogP) is 2.04. The van der Waals surface area contributed by atoms with Crippen molar-refractivity contribution in [3.05, 3.63) is 35.9 Å². The lowest BCUT2D eigenvalue weighted by molar-refractivity contribution is -0.166. The standard InChI is InChI=1S/C16H23NO4/c1-4-20-14(18)16(17,10-12(2)3)15(19)21-11-13-8-6-5-7-9-13/h5-9,12H,4,10-11,17H2,1-3H3. The second-order valence-corrected chi connectivity index (χ2v) is 5.35. The quantitative estimate of drug-likeness (QED) is 0.615. The minimum atomic E-state index is -1.75. The molecule has 0 aliphatic rings. The van der Waals surface area contributed by atoms with E-state index in [1.807, 2.05) is 44.2 Å². The Hall–Kier alpha value is -1.88. The number of ether oxygens (including phenoxy) is 2. The second-order valence-electron chi connectivity index (χ2n) is 5.35. The molecular weight excluding hydrogens is 270 g/mol. The molecule has 1 unspecified atom stereocenters. The first-order chi connectivity index (χ1) is 9.90. The van der Waals surface area contributed by atoms with Gasteiger partial charge >= 0.3 is 11.9 Å². The predicted molar refractivity (Wildman–Crippen MR) is 79.2 cm³/mol. The third-order valence-corrected chi connectivity index (χ3v) is 2.95. The van der Waals surface area contributed by atoms with Gasteiger partial charge in [-0.25, -0.2) is 9.59 Å². The zero-order chi connectivity index (χ0) is 15.9. The Morgan fingerprint density at radius 3 is 2.24 bits per heavy atom. The lowest BCUT2D eigenvalue weighted by atomic mass is 9.90. The van der Waals surface area contributed by atoms with E-state index in [0.29, 0.717) is 0 Å². The molecule has 0 aliphatic heterocycles. The zero-order valence-electron chi connectivity index (χ0n) is 12.8. The second kappa shape index (κ2) is 7.78. The topological polar surface area (TPSA) is 78.6 Å². The lowest BCUT2D eigenvalue weighted by Crippen LogP contribution is -2.57. The Bertz CT molecular complexity index is 472. The fraction of sp³-hybridized carbons (Fsp3) is 0.500. The molecule has 0 saturated carbocycles. The van der Waals surface area contributed by atoms with Crippen molar-refractivity contribution in [2.24, 2.45) is 11.7 Å². The smallest absolute Gasteiger partial charge is 0.338 e. The van der Waals surface area contributed by atoms with E-state index in [9.17, 15) is 9.59 Å². The zero-order valence-corrected chi connectivity index (χ0v) is 12.8. The van der Waals surface area contributed by atoms with E-state index in [4.69, 9.17) is 15.2 Å². The normalized spacial score (nSPS) is 13.6. The minimum Gasteiger partial charge on any atom is -0.464 e. The van der Waals surface area contributed by atoms with Gasteiger partial charge in [0.15, 0.2) is 0 Å². The fourth-order valence-corrected chi connectivity index (χ4v) is 2.01. The summed E-state index contributed by atoms with van der Waals surface area (Å²) in [5.74, 6) is -1.43. The highest BCUT2D eigenvalue weighted by molar-refractivity contribution is 6.04. The molecule has 5 heteroatoms. The fourth-order valence-electron chi connectivity index (χ4n) is 2.01. The largest absolute Gasteiger partial charge is 0.464 e. The van der Waals surface area contributed by atoms with Crippen LogP contribution in [-0.2, 0) is 25.7 Å². The van der Waals surface area contributed by atoms with Crippen LogP contribution in [0.3, 0.4) is 0 Å². The molecule has 0 aliphatic carbocycles. The van der Waals surface area contributed by atoms with E-state index in [1.165, 1.54) is 0 Å². The van der Waals surface area contributed by atoms with Gasteiger partial charge in [-0.2, -0.15) is 0 Å². The van der Waals surface area contributed by atoms with Gasteiger partial charge in [-0.05, 0) is 24.8 Å². The van der Waals surface area contributed by atoms with Gasteiger partial charge in [-0.3, -0.25) is 0 Å². The van der Waals surface area contributed by atoms with Crippen LogP contribution in [0, 0.1) is 5.92 Å². The summed E-state index contributed by atoms with van der Waals surface area (Å²) in [5.41, 5.74) is 5.07. The maximum absolute atomic E-state index is 12.2. The van der Waals surface area contributed by atoms with Crippen LogP contribution in [0.1, 0.15) is 32.8 Å². The average molecular weight is 293 g/mol. The van der Waals surface area contributed by atoms with Crippen molar-refractivity contribution >= 4 is 11.9 Å². The SMILES string of the molecule is CCOC(=O)C(N)(CC(C)C)C(=O)OCc1ccccc1. The van der Waals surface area contributed by atoms with Gasteiger partial charge in [0.05, 0.1) is 6.61 Å². The summed E-state index contributed by atoms with van der Waals surface area (Å²) in [6.07, 6.45) is 0.180. The molecule has 1 aromatic rings. The van der Waals surface area contributed by atoms with Gasteiger partial charge < -0.3 is 15.2 Å². The van der Waals surface area contributed by atoms with Crippen molar-refractivity contribution in [3.63, 3.8) is 0 Å². The van der Waals surface area contributed by atoms with Crippen LogP contribution < -0.4 is 5.73 Å². The molecule has 0 aromatic heterocycles. The molecular formula is C16H23NO4. The Kier molecular flexibility index (Phi) is 6.37. The van der Waals surface area contributed by atoms with Gasteiger partial charge in [0.25, 0.3) is 0 Å². The molecule has 1 atom stereocenters. The summed E-state index contributed by atoms with van der Waals surface area (Å²) in [4.78, 5) is 24.2. The number of carbonyl (C=O) groups excluding carboxylic acids is 2. The average Bonchev–Trinajstić information content (AvgIpc) is 2.45. The minimum absolute atomic E-state index is 0.0590. The Balaban J connectivity index is 2.77. The third kappa shape index (κ3) is 4.86. The van der Waals surface area contributed by atoms with Crippen LogP contribution in [0.5, 0.6) is 0 Å². The van der Waals surface area contributed by atoms with Gasteiger partial charge in [-0.15, -0.1) is 0 Å². The van der Waals surface area contributed by atoms with Gasteiger partial charge in [0, 0.05) is 0 Å². The van der Waals surface area contributed by atoms with Crippen LogP contribution in [0.15, 0.2) is 30.3 Å². The van der Waals surface area contributed by atoms with E-state index in [0.717, 1.165) is 5.56 Å². The number of hydrogen-bond donors (Lipinski definition) is 1. The molecule has 5 nitrogen and oxygen atoms in total. The highest BCUT2D eigenvalue weighted by Crippen LogP contribution is 2.19. The molecule has 1 rings (SSSR count). The van der Waals surface area contributed by atoms with Crippen LogP contribution in [-0.4, -0.2) is 24.1 Å². The molecule has 0 saturated heterocycles. The summed E-state index contributed by atoms with van der Waals surface area (Å²) in [5, 5.41) is 0. The Morgan fingerprint density at radius 1 is 1.14 bits per heavy atom. The summed E-state index contributed by atoms with van der Waals surface area (Å²) in [6, 6.07) is 9.23. The van der Waals surface area contributed by atoms with Gasteiger partial charge in [0.1, 0.15) is 6.61 Å². The van der Waals surface area contributed by atoms with Crippen molar-refractivity contribution in [2.75, 3.05) is 6.61 Å². The molecule has 0 spiro atoms.